The number of likely N-dealkylation sites (tertiary alicyclic amines) is 1. The van der Waals surface area contributed by atoms with Gasteiger partial charge in [-0.3, -0.25) is 24.6 Å². The molecule has 0 unspecified atom stereocenters. The minimum absolute atomic E-state index is 0.00130. The van der Waals surface area contributed by atoms with Gasteiger partial charge in [0.05, 0.1) is 25.0 Å². The molecule has 4 rings (SSSR count). The van der Waals surface area contributed by atoms with E-state index in [0.717, 1.165) is 0 Å². The third-order valence-electron chi connectivity index (χ3n) is 5.94. The number of halogens is 1. The first kappa shape index (κ1) is 18.1. The largest absolute Gasteiger partial charge is 0.383 e. The van der Waals surface area contributed by atoms with E-state index in [1.807, 2.05) is 13.8 Å². The molecule has 3 aliphatic heterocycles. The van der Waals surface area contributed by atoms with Gasteiger partial charge in [-0.15, -0.1) is 0 Å². The summed E-state index contributed by atoms with van der Waals surface area (Å²) in [7, 11) is 1.50. The van der Waals surface area contributed by atoms with Crippen molar-refractivity contribution in [2.45, 2.75) is 25.4 Å². The zero-order valence-corrected chi connectivity index (χ0v) is 15.4. The Morgan fingerprint density at radius 3 is 2.67 bits per heavy atom. The number of nitrogens with one attached hydrogen (secondary N) is 2. The van der Waals surface area contributed by atoms with E-state index in [0.29, 0.717) is 11.3 Å². The molecule has 1 aromatic rings. The van der Waals surface area contributed by atoms with Crippen LogP contribution in [0.1, 0.15) is 19.4 Å². The average molecular weight is 375 g/mol. The maximum Gasteiger partial charge on any atom is 0.250 e. The molecular formula is C19H22FN3O4. The van der Waals surface area contributed by atoms with Crippen molar-refractivity contribution in [2.75, 3.05) is 25.6 Å². The standard InChI is InChI=1S/C19H22FN3O4/c1-9(2)15-13-14(17(25)23(16(13)24)6-7-27-3)19(22-15)11-8-10(20)4-5-12(11)21-18(19)26/h4-5,8-9,13-15,22H,6-7H2,1-3H3,(H,21,26)/t13-,14-,15-,19-/m0/s1. The maximum atomic E-state index is 14.0. The third kappa shape index (κ3) is 2.29. The van der Waals surface area contributed by atoms with Crippen molar-refractivity contribution in [2.24, 2.45) is 17.8 Å². The summed E-state index contributed by atoms with van der Waals surface area (Å²) in [6.07, 6.45) is 0. The van der Waals surface area contributed by atoms with E-state index in [-0.39, 0.29) is 31.0 Å². The summed E-state index contributed by atoms with van der Waals surface area (Å²) in [5, 5.41) is 6.01. The van der Waals surface area contributed by atoms with E-state index in [9.17, 15) is 18.8 Å². The molecule has 2 N–H and O–H groups in total. The van der Waals surface area contributed by atoms with Gasteiger partial charge >= 0.3 is 0 Å². The molecule has 144 valence electrons. The number of anilines is 1. The van der Waals surface area contributed by atoms with Crippen LogP contribution in [0, 0.1) is 23.6 Å². The van der Waals surface area contributed by atoms with Gasteiger partial charge in [-0.25, -0.2) is 4.39 Å². The Bertz CT molecular complexity index is 842. The number of ether oxygens (including phenoxy) is 1. The number of imide groups is 1. The molecule has 1 aromatic carbocycles. The lowest BCUT2D eigenvalue weighted by Gasteiger charge is -2.30. The summed E-state index contributed by atoms with van der Waals surface area (Å²) in [6, 6.07) is 3.65. The number of fused-ring (bicyclic) bond motifs is 4. The highest BCUT2D eigenvalue weighted by Gasteiger charge is 2.70. The van der Waals surface area contributed by atoms with Crippen LogP contribution in [-0.4, -0.2) is 48.9 Å². The van der Waals surface area contributed by atoms with E-state index in [1.165, 1.54) is 30.2 Å². The van der Waals surface area contributed by atoms with Crippen molar-refractivity contribution in [3.05, 3.63) is 29.6 Å². The summed E-state index contributed by atoms with van der Waals surface area (Å²) >= 11 is 0. The van der Waals surface area contributed by atoms with E-state index in [4.69, 9.17) is 4.74 Å². The number of benzene rings is 1. The average Bonchev–Trinajstić information content (AvgIpc) is 3.20. The Kier molecular flexibility index (Phi) is 4.08. The van der Waals surface area contributed by atoms with E-state index >= 15 is 0 Å². The van der Waals surface area contributed by atoms with E-state index in [1.54, 1.807) is 0 Å². The molecule has 3 amide bonds. The minimum Gasteiger partial charge on any atom is -0.383 e. The molecule has 3 aliphatic rings. The van der Waals surface area contributed by atoms with Crippen molar-refractivity contribution < 1.29 is 23.5 Å². The first-order valence-electron chi connectivity index (χ1n) is 9.06. The number of rotatable bonds is 4. The number of hydrogen-bond acceptors (Lipinski definition) is 5. The molecule has 0 aromatic heterocycles. The molecule has 27 heavy (non-hydrogen) atoms. The SMILES string of the molecule is COCCN1C(=O)[C@H]2[C@@H](C1=O)[C@]1(N[C@H]2C(C)C)C(=O)Nc2ccc(F)cc21. The highest BCUT2D eigenvalue weighted by atomic mass is 19.1. The Hall–Kier alpha value is -2.32. The molecule has 2 fully saturated rings. The Morgan fingerprint density at radius 2 is 2.00 bits per heavy atom. The van der Waals surface area contributed by atoms with Crippen LogP contribution in [0.5, 0.6) is 0 Å². The Labute approximate surface area is 156 Å². The molecule has 0 bridgehead atoms. The lowest BCUT2D eigenvalue weighted by molar-refractivity contribution is -0.143. The third-order valence-corrected chi connectivity index (χ3v) is 5.94. The van der Waals surface area contributed by atoms with Gasteiger partial charge in [-0.05, 0) is 24.1 Å². The second-order valence-electron chi connectivity index (χ2n) is 7.69. The Morgan fingerprint density at radius 1 is 1.26 bits per heavy atom. The smallest absolute Gasteiger partial charge is 0.250 e. The number of carbonyl (C=O) groups excluding carboxylic acids is 3. The first-order chi connectivity index (χ1) is 12.8. The van der Waals surface area contributed by atoms with Gasteiger partial charge in [0.1, 0.15) is 11.4 Å². The van der Waals surface area contributed by atoms with Crippen molar-refractivity contribution in [3.63, 3.8) is 0 Å². The highest BCUT2D eigenvalue weighted by molar-refractivity contribution is 6.15. The molecule has 4 atom stereocenters. The molecule has 3 heterocycles. The van der Waals surface area contributed by atoms with Crippen LogP contribution in [0.3, 0.4) is 0 Å². The molecule has 0 radical (unpaired) electrons. The molecular weight excluding hydrogens is 353 g/mol. The van der Waals surface area contributed by atoms with E-state index < -0.39 is 35.0 Å². The monoisotopic (exact) mass is 375 g/mol. The predicted octanol–water partition coefficient (Wildman–Crippen LogP) is 0.849. The predicted molar refractivity (Wildman–Crippen MR) is 94.0 cm³/mol. The molecule has 0 saturated carbocycles. The van der Waals surface area contributed by atoms with Gasteiger partial charge < -0.3 is 10.1 Å². The van der Waals surface area contributed by atoms with Crippen LogP contribution in [0.4, 0.5) is 10.1 Å². The summed E-state index contributed by atoms with van der Waals surface area (Å²) in [5.41, 5.74) is -0.584. The summed E-state index contributed by atoms with van der Waals surface area (Å²) in [4.78, 5) is 40.5. The number of hydrogen-bond donors (Lipinski definition) is 2. The lowest BCUT2D eigenvalue weighted by Crippen LogP contribution is -2.54. The zero-order valence-electron chi connectivity index (χ0n) is 15.4. The number of nitrogens with zero attached hydrogens (tertiary/aromatic N) is 1. The molecule has 0 aliphatic carbocycles. The van der Waals surface area contributed by atoms with Gasteiger partial charge in [0.2, 0.25) is 17.7 Å². The van der Waals surface area contributed by atoms with Crippen molar-refractivity contribution in [1.29, 1.82) is 0 Å². The Balaban J connectivity index is 1.86. The van der Waals surface area contributed by atoms with E-state index in [2.05, 4.69) is 10.6 Å². The van der Waals surface area contributed by atoms with Gasteiger partial charge in [-0.1, -0.05) is 13.8 Å². The second-order valence-corrected chi connectivity index (χ2v) is 7.69. The first-order valence-corrected chi connectivity index (χ1v) is 9.06. The fourth-order valence-electron chi connectivity index (χ4n) is 4.74. The highest BCUT2D eigenvalue weighted by Crippen LogP contribution is 2.53. The van der Waals surface area contributed by atoms with Crippen molar-refractivity contribution in [1.82, 2.24) is 10.2 Å². The second kappa shape index (κ2) is 6.10. The van der Waals surface area contributed by atoms with Crippen LogP contribution in [0.2, 0.25) is 0 Å². The van der Waals surface area contributed by atoms with Gasteiger partial charge in [0, 0.05) is 24.4 Å². The van der Waals surface area contributed by atoms with Crippen LogP contribution >= 0.6 is 0 Å². The fourth-order valence-corrected chi connectivity index (χ4v) is 4.74. The van der Waals surface area contributed by atoms with Crippen molar-refractivity contribution >= 4 is 23.4 Å². The maximum absolute atomic E-state index is 14.0. The topological polar surface area (TPSA) is 87.7 Å². The zero-order chi connectivity index (χ0) is 19.5. The summed E-state index contributed by atoms with van der Waals surface area (Å²) in [6.45, 7) is 4.23. The summed E-state index contributed by atoms with van der Waals surface area (Å²) in [5.74, 6) is -3.21. The van der Waals surface area contributed by atoms with Crippen LogP contribution in [0.25, 0.3) is 0 Å². The number of methoxy groups -OCH3 is 1. The lowest BCUT2D eigenvalue weighted by atomic mass is 9.76. The quantitative estimate of drug-likeness (QED) is 0.762. The van der Waals surface area contributed by atoms with Crippen LogP contribution in [-0.2, 0) is 24.7 Å². The normalized spacial score (nSPS) is 31.8. The van der Waals surface area contributed by atoms with Gasteiger partial charge in [0.15, 0.2) is 0 Å². The van der Waals surface area contributed by atoms with Gasteiger partial charge in [0.25, 0.3) is 0 Å². The number of amides is 3. The van der Waals surface area contributed by atoms with Gasteiger partial charge in [-0.2, -0.15) is 0 Å². The van der Waals surface area contributed by atoms with Crippen LogP contribution in [0.15, 0.2) is 18.2 Å². The molecule has 8 heteroatoms. The minimum atomic E-state index is -1.44. The number of carbonyl (C=O) groups is 3. The molecule has 1 spiro atoms. The van der Waals surface area contributed by atoms with Crippen molar-refractivity contribution in [3.8, 4) is 0 Å². The van der Waals surface area contributed by atoms with Crippen LogP contribution < -0.4 is 10.6 Å². The molecule has 2 saturated heterocycles. The fraction of sp³-hybridized carbons (Fsp3) is 0.526. The summed E-state index contributed by atoms with van der Waals surface area (Å²) < 4.78 is 19.0. The molecule has 7 nitrogen and oxygen atoms in total.